The molecular weight excluding hydrogens is 304 g/mol. The Morgan fingerprint density at radius 1 is 1.29 bits per heavy atom. The van der Waals surface area contributed by atoms with E-state index in [4.69, 9.17) is 0 Å². The number of fused-ring (bicyclic) bond motifs is 1. The maximum absolute atomic E-state index is 12.2. The summed E-state index contributed by atoms with van der Waals surface area (Å²) >= 11 is 0. The van der Waals surface area contributed by atoms with Gasteiger partial charge in [0.25, 0.3) is 11.7 Å². The second-order valence-corrected chi connectivity index (χ2v) is 5.77. The average molecular weight is 324 g/mol. The fourth-order valence-corrected chi connectivity index (χ4v) is 2.41. The lowest BCUT2D eigenvalue weighted by Crippen LogP contribution is -2.25. The Balaban J connectivity index is 1.50. The van der Waals surface area contributed by atoms with Gasteiger partial charge in [-0.1, -0.05) is 6.07 Å². The minimum Gasteiger partial charge on any atom is -0.378 e. The van der Waals surface area contributed by atoms with Crippen molar-refractivity contribution >= 4 is 17.4 Å². The van der Waals surface area contributed by atoms with Crippen molar-refractivity contribution in [3.8, 4) is 0 Å². The van der Waals surface area contributed by atoms with E-state index in [0.717, 1.165) is 24.1 Å². The van der Waals surface area contributed by atoms with Crippen molar-refractivity contribution in [2.24, 2.45) is 0 Å². The van der Waals surface area contributed by atoms with Crippen molar-refractivity contribution in [3.63, 3.8) is 0 Å². The summed E-state index contributed by atoms with van der Waals surface area (Å²) in [6.45, 7) is 0.612. The lowest BCUT2D eigenvalue weighted by Gasteiger charge is -2.13. The minimum atomic E-state index is -0.0523. The van der Waals surface area contributed by atoms with Gasteiger partial charge in [0.2, 0.25) is 0 Å². The minimum absolute atomic E-state index is 0.0523. The number of nitrogens with one attached hydrogen (secondary N) is 1. The zero-order chi connectivity index (χ0) is 16.9. The quantitative estimate of drug-likeness (QED) is 0.696. The molecule has 0 atom stereocenters. The Morgan fingerprint density at radius 3 is 3.00 bits per heavy atom. The Morgan fingerprint density at radius 2 is 2.17 bits per heavy atom. The molecule has 1 amide bonds. The standard InChI is InChI=1S/C17H20N6O/c1-22(2)15-7-3-6-14(9-15)16(24)18-8-4-5-13-10-19-17-20-12-21-23(17)11-13/h3,6-7,9-12H,4-5,8H2,1-2H3,(H,18,24). The molecule has 0 aliphatic heterocycles. The molecule has 2 heterocycles. The van der Waals surface area contributed by atoms with E-state index in [0.29, 0.717) is 17.9 Å². The van der Waals surface area contributed by atoms with Gasteiger partial charge < -0.3 is 10.2 Å². The first-order valence-corrected chi connectivity index (χ1v) is 7.83. The van der Waals surface area contributed by atoms with E-state index in [2.05, 4.69) is 20.4 Å². The van der Waals surface area contributed by atoms with Crippen LogP contribution in [0.15, 0.2) is 43.0 Å². The molecule has 0 saturated carbocycles. The lowest BCUT2D eigenvalue weighted by molar-refractivity contribution is 0.0953. The molecule has 124 valence electrons. The van der Waals surface area contributed by atoms with Gasteiger partial charge in [0.15, 0.2) is 0 Å². The van der Waals surface area contributed by atoms with Crippen molar-refractivity contribution in [3.05, 3.63) is 54.1 Å². The van der Waals surface area contributed by atoms with Crippen LogP contribution in [0.2, 0.25) is 0 Å². The van der Waals surface area contributed by atoms with Gasteiger partial charge in [0.1, 0.15) is 6.33 Å². The Kier molecular flexibility index (Phi) is 4.69. The summed E-state index contributed by atoms with van der Waals surface area (Å²) in [6.07, 6.45) is 6.85. The number of rotatable bonds is 6. The number of anilines is 1. The predicted molar refractivity (Wildman–Crippen MR) is 92.2 cm³/mol. The molecule has 2 aromatic heterocycles. The largest absolute Gasteiger partial charge is 0.378 e. The van der Waals surface area contributed by atoms with Crippen molar-refractivity contribution in [1.82, 2.24) is 24.9 Å². The van der Waals surface area contributed by atoms with Gasteiger partial charge in [0.05, 0.1) is 0 Å². The van der Waals surface area contributed by atoms with Crippen molar-refractivity contribution in [2.45, 2.75) is 12.8 Å². The number of aryl methyl sites for hydroxylation is 1. The van der Waals surface area contributed by atoms with Gasteiger partial charge in [-0.05, 0) is 36.6 Å². The Hall–Kier alpha value is -2.96. The highest BCUT2D eigenvalue weighted by Gasteiger charge is 2.06. The fraction of sp³-hybridized carbons (Fsp3) is 0.294. The number of carbonyl (C=O) groups excluding carboxylic acids is 1. The maximum atomic E-state index is 12.2. The number of benzene rings is 1. The summed E-state index contributed by atoms with van der Waals surface area (Å²) in [5.41, 5.74) is 2.75. The van der Waals surface area contributed by atoms with Gasteiger partial charge in [0, 0.05) is 44.3 Å². The van der Waals surface area contributed by atoms with E-state index < -0.39 is 0 Å². The molecule has 0 aliphatic carbocycles. The van der Waals surface area contributed by atoms with Gasteiger partial charge in [-0.25, -0.2) is 9.50 Å². The summed E-state index contributed by atoms with van der Waals surface area (Å²) in [5, 5.41) is 7.02. The third-order valence-electron chi connectivity index (χ3n) is 3.74. The molecule has 3 aromatic rings. The van der Waals surface area contributed by atoms with Crippen molar-refractivity contribution in [2.75, 3.05) is 25.5 Å². The SMILES string of the molecule is CN(C)c1cccc(C(=O)NCCCc2cnc3ncnn3c2)c1. The first kappa shape index (κ1) is 15.9. The lowest BCUT2D eigenvalue weighted by atomic mass is 10.1. The zero-order valence-electron chi connectivity index (χ0n) is 13.8. The van der Waals surface area contributed by atoms with E-state index >= 15 is 0 Å². The third kappa shape index (κ3) is 3.68. The highest BCUT2D eigenvalue weighted by molar-refractivity contribution is 5.95. The van der Waals surface area contributed by atoms with E-state index in [1.807, 2.05) is 49.5 Å². The number of hydrogen-bond donors (Lipinski definition) is 1. The zero-order valence-corrected chi connectivity index (χ0v) is 13.8. The first-order chi connectivity index (χ1) is 11.6. The monoisotopic (exact) mass is 324 g/mol. The van der Waals surface area contributed by atoms with Gasteiger partial charge >= 0.3 is 0 Å². The average Bonchev–Trinajstić information content (AvgIpc) is 3.06. The molecule has 0 radical (unpaired) electrons. The number of aromatic nitrogens is 4. The topological polar surface area (TPSA) is 75.4 Å². The summed E-state index contributed by atoms with van der Waals surface area (Å²) < 4.78 is 1.65. The van der Waals surface area contributed by atoms with E-state index in [1.165, 1.54) is 6.33 Å². The highest BCUT2D eigenvalue weighted by atomic mass is 16.1. The molecule has 1 N–H and O–H groups in total. The molecule has 0 saturated heterocycles. The van der Waals surface area contributed by atoms with Crippen LogP contribution in [0.25, 0.3) is 5.78 Å². The van der Waals surface area contributed by atoms with Crippen LogP contribution >= 0.6 is 0 Å². The molecule has 24 heavy (non-hydrogen) atoms. The van der Waals surface area contributed by atoms with Gasteiger partial charge in [-0.2, -0.15) is 10.1 Å². The summed E-state index contributed by atoms with van der Waals surface area (Å²) in [4.78, 5) is 22.4. The van der Waals surface area contributed by atoms with Gasteiger partial charge in [-0.15, -0.1) is 0 Å². The van der Waals surface area contributed by atoms with Crippen LogP contribution in [0.5, 0.6) is 0 Å². The first-order valence-electron chi connectivity index (χ1n) is 7.83. The smallest absolute Gasteiger partial charge is 0.252 e. The number of amides is 1. The summed E-state index contributed by atoms with van der Waals surface area (Å²) in [7, 11) is 3.91. The number of nitrogens with zero attached hydrogens (tertiary/aromatic N) is 5. The predicted octanol–water partition coefficient (Wildman–Crippen LogP) is 1.55. The molecule has 0 bridgehead atoms. The van der Waals surface area contributed by atoms with Crippen LogP contribution in [0.1, 0.15) is 22.3 Å². The van der Waals surface area contributed by atoms with Crippen LogP contribution < -0.4 is 10.2 Å². The summed E-state index contributed by atoms with van der Waals surface area (Å²) in [6, 6.07) is 7.58. The van der Waals surface area contributed by atoms with E-state index in [-0.39, 0.29) is 5.91 Å². The highest BCUT2D eigenvalue weighted by Crippen LogP contribution is 2.13. The summed E-state index contributed by atoms with van der Waals surface area (Å²) in [5.74, 6) is 0.538. The van der Waals surface area contributed by atoms with Crippen molar-refractivity contribution < 1.29 is 4.79 Å². The second kappa shape index (κ2) is 7.08. The normalized spacial score (nSPS) is 10.8. The van der Waals surface area contributed by atoms with Crippen LogP contribution in [0, 0.1) is 0 Å². The number of carbonyl (C=O) groups is 1. The Labute approximate surface area is 140 Å². The number of hydrogen-bond acceptors (Lipinski definition) is 5. The molecule has 0 aliphatic rings. The van der Waals surface area contributed by atoms with E-state index in [1.54, 1.807) is 10.7 Å². The fourth-order valence-electron chi connectivity index (χ4n) is 2.41. The van der Waals surface area contributed by atoms with Crippen LogP contribution in [0.3, 0.4) is 0 Å². The molecule has 1 aromatic carbocycles. The molecule has 3 rings (SSSR count). The van der Waals surface area contributed by atoms with Crippen LogP contribution in [-0.4, -0.2) is 46.1 Å². The van der Waals surface area contributed by atoms with Crippen molar-refractivity contribution in [1.29, 1.82) is 0 Å². The van der Waals surface area contributed by atoms with Crippen LogP contribution in [-0.2, 0) is 6.42 Å². The second-order valence-electron chi connectivity index (χ2n) is 5.77. The molecule has 0 spiro atoms. The molecular formula is C17H20N6O. The van der Waals surface area contributed by atoms with Gasteiger partial charge in [-0.3, -0.25) is 4.79 Å². The van der Waals surface area contributed by atoms with Crippen LogP contribution in [0.4, 0.5) is 5.69 Å². The molecule has 0 unspecified atom stereocenters. The maximum Gasteiger partial charge on any atom is 0.252 e. The Bertz CT molecular complexity index is 842. The molecule has 0 fully saturated rings. The van der Waals surface area contributed by atoms with E-state index in [9.17, 15) is 4.79 Å². The molecule has 7 nitrogen and oxygen atoms in total. The molecule has 7 heteroatoms. The third-order valence-corrected chi connectivity index (χ3v) is 3.74.